The summed E-state index contributed by atoms with van der Waals surface area (Å²) in [5.41, 5.74) is 0. The first kappa shape index (κ1) is 14.1. The van der Waals surface area contributed by atoms with E-state index in [9.17, 15) is 8.42 Å². The molecular weight excluding hydrogens is 338 g/mol. The quantitative estimate of drug-likeness (QED) is 0.848. The minimum Gasteiger partial charge on any atom is -0.208 e. The zero-order valence-electron chi connectivity index (χ0n) is 9.57. The van der Waals surface area contributed by atoms with Gasteiger partial charge in [-0.25, -0.2) is 13.1 Å². The predicted octanol–water partition coefficient (Wildman–Crippen LogP) is 3.49. The van der Waals surface area contributed by atoms with Gasteiger partial charge in [-0.05, 0) is 53.4 Å². The van der Waals surface area contributed by atoms with Gasteiger partial charge in [-0.2, -0.15) is 0 Å². The first-order valence-electron chi connectivity index (χ1n) is 5.61. The van der Waals surface area contributed by atoms with Crippen LogP contribution >= 0.6 is 27.5 Å². The predicted molar refractivity (Wildman–Crippen MR) is 76.3 cm³/mol. The molecule has 0 saturated heterocycles. The summed E-state index contributed by atoms with van der Waals surface area (Å²) in [5.74, 6) is 0. The Balaban J connectivity index is 2.19. The molecule has 1 aliphatic carbocycles. The molecule has 0 aromatic heterocycles. The molecule has 1 atom stereocenters. The van der Waals surface area contributed by atoms with Crippen molar-refractivity contribution in [2.75, 3.05) is 0 Å². The molecule has 0 amide bonds. The highest BCUT2D eigenvalue weighted by Crippen LogP contribution is 2.25. The second kappa shape index (κ2) is 5.74. The Labute approximate surface area is 120 Å². The molecule has 0 aliphatic heterocycles. The first-order valence-corrected chi connectivity index (χ1v) is 8.27. The van der Waals surface area contributed by atoms with Crippen LogP contribution in [0.4, 0.5) is 0 Å². The highest BCUT2D eigenvalue weighted by Gasteiger charge is 2.20. The first-order chi connectivity index (χ1) is 8.49. The van der Waals surface area contributed by atoms with Gasteiger partial charge in [-0.1, -0.05) is 23.8 Å². The molecule has 98 valence electrons. The maximum atomic E-state index is 12.2. The van der Waals surface area contributed by atoms with E-state index in [1.165, 1.54) is 12.1 Å². The number of benzene rings is 1. The van der Waals surface area contributed by atoms with Gasteiger partial charge in [0.2, 0.25) is 10.0 Å². The molecule has 0 bridgehead atoms. The van der Waals surface area contributed by atoms with Crippen LogP contribution in [0.25, 0.3) is 0 Å². The number of allylic oxidation sites excluding steroid dienone is 1. The molecule has 1 unspecified atom stereocenters. The number of hydrogen-bond donors (Lipinski definition) is 1. The Morgan fingerprint density at radius 1 is 1.33 bits per heavy atom. The van der Waals surface area contributed by atoms with Gasteiger partial charge < -0.3 is 0 Å². The molecule has 0 spiro atoms. The normalized spacial score (nSPS) is 20.0. The number of rotatable bonds is 3. The summed E-state index contributed by atoms with van der Waals surface area (Å²) in [6.45, 7) is 0. The summed E-state index contributed by atoms with van der Waals surface area (Å²) in [6.07, 6.45) is 6.58. The molecule has 1 N–H and O–H groups in total. The van der Waals surface area contributed by atoms with Crippen molar-refractivity contribution in [3.05, 3.63) is 39.8 Å². The van der Waals surface area contributed by atoms with Crippen LogP contribution in [0.5, 0.6) is 0 Å². The van der Waals surface area contributed by atoms with E-state index in [0.29, 0.717) is 9.50 Å². The Kier molecular flexibility index (Phi) is 4.48. The minimum atomic E-state index is -3.47. The average Bonchev–Trinajstić information content (AvgIpc) is 2.33. The van der Waals surface area contributed by atoms with Crippen molar-refractivity contribution in [3.8, 4) is 0 Å². The standard InChI is InChI=1S/C12H13BrClNO2S/c13-11-8-10(6-7-12(11)14)18(16,17)15-9-4-2-1-3-5-9/h1-2,6-9,15H,3-5H2. The molecule has 3 nitrogen and oxygen atoms in total. The molecule has 0 saturated carbocycles. The van der Waals surface area contributed by atoms with Crippen LogP contribution in [-0.2, 0) is 10.0 Å². The highest BCUT2D eigenvalue weighted by molar-refractivity contribution is 9.10. The average molecular weight is 351 g/mol. The zero-order valence-corrected chi connectivity index (χ0v) is 12.7. The lowest BCUT2D eigenvalue weighted by Crippen LogP contribution is -2.35. The Morgan fingerprint density at radius 3 is 2.72 bits per heavy atom. The van der Waals surface area contributed by atoms with E-state index in [4.69, 9.17) is 11.6 Å². The van der Waals surface area contributed by atoms with Gasteiger partial charge in [0, 0.05) is 10.5 Å². The molecule has 0 radical (unpaired) electrons. The van der Waals surface area contributed by atoms with Crippen molar-refractivity contribution in [1.29, 1.82) is 0 Å². The summed E-state index contributed by atoms with van der Waals surface area (Å²) in [4.78, 5) is 0.230. The summed E-state index contributed by atoms with van der Waals surface area (Å²) in [7, 11) is -3.47. The van der Waals surface area contributed by atoms with Gasteiger partial charge in [0.25, 0.3) is 0 Å². The summed E-state index contributed by atoms with van der Waals surface area (Å²) in [5, 5.41) is 0.495. The van der Waals surface area contributed by atoms with Crippen LogP contribution in [-0.4, -0.2) is 14.5 Å². The zero-order chi connectivity index (χ0) is 13.2. The van der Waals surface area contributed by atoms with Gasteiger partial charge in [-0.3, -0.25) is 0 Å². The van der Waals surface area contributed by atoms with E-state index < -0.39 is 10.0 Å². The van der Waals surface area contributed by atoms with Crippen LogP contribution in [0.3, 0.4) is 0 Å². The highest BCUT2D eigenvalue weighted by atomic mass is 79.9. The topological polar surface area (TPSA) is 46.2 Å². The van der Waals surface area contributed by atoms with Crippen molar-refractivity contribution in [1.82, 2.24) is 4.72 Å². The maximum absolute atomic E-state index is 12.2. The summed E-state index contributed by atoms with van der Waals surface area (Å²) < 4.78 is 27.6. The fourth-order valence-corrected chi connectivity index (χ4v) is 3.79. The molecule has 1 aromatic rings. The summed E-state index contributed by atoms with van der Waals surface area (Å²) >= 11 is 9.08. The lowest BCUT2D eigenvalue weighted by atomic mass is 10.0. The summed E-state index contributed by atoms with van der Waals surface area (Å²) in [6, 6.07) is 4.58. The molecule has 0 fully saturated rings. The molecule has 1 aromatic carbocycles. The van der Waals surface area contributed by atoms with E-state index in [1.807, 2.05) is 6.08 Å². The van der Waals surface area contributed by atoms with Crippen molar-refractivity contribution in [2.24, 2.45) is 0 Å². The van der Waals surface area contributed by atoms with E-state index in [0.717, 1.165) is 19.3 Å². The lowest BCUT2D eigenvalue weighted by molar-refractivity contribution is 0.522. The maximum Gasteiger partial charge on any atom is 0.240 e. The Bertz CT molecular complexity index is 571. The number of hydrogen-bond acceptors (Lipinski definition) is 2. The molecular formula is C12H13BrClNO2S. The van der Waals surface area contributed by atoms with E-state index in [-0.39, 0.29) is 10.9 Å². The molecule has 1 aliphatic rings. The Morgan fingerprint density at radius 2 is 2.11 bits per heavy atom. The third-order valence-electron chi connectivity index (χ3n) is 2.79. The van der Waals surface area contributed by atoms with Gasteiger partial charge in [0.1, 0.15) is 0 Å². The van der Waals surface area contributed by atoms with Crippen molar-refractivity contribution < 1.29 is 8.42 Å². The lowest BCUT2D eigenvalue weighted by Gasteiger charge is -2.19. The van der Waals surface area contributed by atoms with Gasteiger partial charge in [0.05, 0.1) is 9.92 Å². The second-order valence-corrected chi connectivity index (χ2v) is 7.15. The van der Waals surface area contributed by atoms with E-state index >= 15 is 0 Å². The van der Waals surface area contributed by atoms with Gasteiger partial charge >= 0.3 is 0 Å². The molecule has 0 heterocycles. The SMILES string of the molecule is O=S(=O)(NC1CC=CCC1)c1ccc(Cl)c(Br)c1. The van der Waals surface area contributed by atoms with E-state index in [1.54, 1.807) is 6.07 Å². The fraction of sp³-hybridized carbons (Fsp3) is 0.333. The second-order valence-electron chi connectivity index (χ2n) is 4.18. The minimum absolute atomic E-state index is 0.0190. The van der Waals surface area contributed by atoms with Gasteiger partial charge in [0.15, 0.2) is 0 Å². The van der Waals surface area contributed by atoms with Crippen LogP contribution in [0, 0.1) is 0 Å². The molecule has 2 rings (SSSR count). The number of sulfonamides is 1. The van der Waals surface area contributed by atoms with Crippen LogP contribution in [0.1, 0.15) is 19.3 Å². The van der Waals surface area contributed by atoms with Crippen molar-refractivity contribution in [3.63, 3.8) is 0 Å². The van der Waals surface area contributed by atoms with Crippen molar-refractivity contribution in [2.45, 2.75) is 30.2 Å². The molecule has 6 heteroatoms. The fourth-order valence-electron chi connectivity index (χ4n) is 1.83. The number of halogens is 2. The van der Waals surface area contributed by atoms with Crippen LogP contribution in [0.2, 0.25) is 5.02 Å². The number of nitrogens with one attached hydrogen (secondary N) is 1. The molecule has 18 heavy (non-hydrogen) atoms. The third kappa shape index (κ3) is 3.35. The van der Waals surface area contributed by atoms with Crippen LogP contribution in [0.15, 0.2) is 39.7 Å². The van der Waals surface area contributed by atoms with Crippen LogP contribution < -0.4 is 4.72 Å². The van der Waals surface area contributed by atoms with Crippen molar-refractivity contribution >= 4 is 37.6 Å². The smallest absolute Gasteiger partial charge is 0.208 e. The Hall–Kier alpha value is -0.360. The van der Waals surface area contributed by atoms with E-state index in [2.05, 4.69) is 26.7 Å². The monoisotopic (exact) mass is 349 g/mol. The third-order valence-corrected chi connectivity index (χ3v) is 5.52. The largest absolute Gasteiger partial charge is 0.240 e. The van der Waals surface area contributed by atoms with Gasteiger partial charge in [-0.15, -0.1) is 0 Å².